The van der Waals surface area contributed by atoms with Crippen LogP contribution in [0.15, 0.2) is 35.5 Å². The Hall–Kier alpha value is -0.780. The molecule has 0 aromatic rings. The van der Waals surface area contributed by atoms with E-state index < -0.39 is 0 Å². The van der Waals surface area contributed by atoms with Crippen LogP contribution in [0.1, 0.15) is 33.6 Å². The van der Waals surface area contributed by atoms with Gasteiger partial charge in [0.1, 0.15) is 0 Å². The highest BCUT2D eigenvalue weighted by Gasteiger charge is 2.18. The van der Waals surface area contributed by atoms with Crippen molar-refractivity contribution in [2.75, 3.05) is 0 Å². The Bertz CT molecular complexity index is 241. The summed E-state index contributed by atoms with van der Waals surface area (Å²) >= 11 is 0. The molecule has 1 unspecified atom stereocenters. The van der Waals surface area contributed by atoms with Gasteiger partial charge in [-0.25, -0.2) is 0 Å². The van der Waals surface area contributed by atoms with E-state index in [4.69, 9.17) is 0 Å². The SMILES string of the molecule is C.CC1CCC2=C1C=CCC=C2. The highest BCUT2D eigenvalue weighted by Crippen LogP contribution is 2.34. The molecule has 0 heteroatoms. The highest BCUT2D eigenvalue weighted by molar-refractivity contribution is 5.40. The molecule has 0 bridgehead atoms. The topological polar surface area (TPSA) is 0 Å². The molecule has 0 spiro atoms. The maximum Gasteiger partial charge on any atom is -0.0163 e. The van der Waals surface area contributed by atoms with Crippen molar-refractivity contribution in [3.8, 4) is 0 Å². The average Bonchev–Trinajstić information content (AvgIpc) is 2.25. The molecule has 0 heterocycles. The standard InChI is InChI=1S/C11H14.CH4/c1-9-7-8-10-5-3-2-4-6-11(9)10;/h3-6,9H,2,7-8H2,1H3;1H4. The van der Waals surface area contributed by atoms with Gasteiger partial charge >= 0.3 is 0 Å². The molecule has 0 fully saturated rings. The van der Waals surface area contributed by atoms with Gasteiger partial charge in [-0.2, -0.15) is 0 Å². The predicted molar refractivity (Wildman–Crippen MR) is 55.1 cm³/mol. The molecule has 12 heavy (non-hydrogen) atoms. The van der Waals surface area contributed by atoms with Gasteiger partial charge in [0, 0.05) is 0 Å². The number of rotatable bonds is 0. The van der Waals surface area contributed by atoms with Crippen LogP contribution in [0.4, 0.5) is 0 Å². The molecule has 0 nitrogen and oxygen atoms in total. The van der Waals surface area contributed by atoms with E-state index in [9.17, 15) is 0 Å². The second kappa shape index (κ2) is 3.75. The molecule has 0 aromatic heterocycles. The Balaban J connectivity index is 0.000000720. The second-order valence-corrected chi connectivity index (χ2v) is 3.46. The fourth-order valence-electron chi connectivity index (χ4n) is 1.92. The van der Waals surface area contributed by atoms with Crippen LogP contribution in [0.25, 0.3) is 0 Å². The van der Waals surface area contributed by atoms with Gasteiger partial charge < -0.3 is 0 Å². The van der Waals surface area contributed by atoms with Crippen molar-refractivity contribution in [1.82, 2.24) is 0 Å². The van der Waals surface area contributed by atoms with Crippen molar-refractivity contribution in [3.63, 3.8) is 0 Å². The van der Waals surface area contributed by atoms with Crippen molar-refractivity contribution in [2.45, 2.75) is 33.6 Å². The Labute approximate surface area is 75.7 Å². The van der Waals surface area contributed by atoms with E-state index in [-0.39, 0.29) is 7.43 Å². The fraction of sp³-hybridized carbons (Fsp3) is 0.500. The van der Waals surface area contributed by atoms with Gasteiger partial charge in [-0.1, -0.05) is 38.7 Å². The van der Waals surface area contributed by atoms with Crippen LogP contribution in [0, 0.1) is 5.92 Å². The van der Waals surface area contributed by atoms with E-state index in [1.165, 1.54) is 12.8 Å². The van der Waals surface area contributed by atoms with Gasteiger partial charge in [0.05, 0.1) is 0 Å². The first-order valence-corrected chi connectivity index (χ1v) is 4.44. The van der Waals surface area contributed by atoms with Gasteiger partial charge in [0.15, 0.2) is 0 Å². The summed E-state index contributed by atoms with van der Waals surface area (Å²) in [7, 11) is 0. The lowest BCUT2D eigenvalue weighted by atomic mass is 10.0. The monoisotopic (exact) mass is 162 g/mol. The van der Waals surface area contributed by atoms with Crippen molar-refractivity contribution < 1.29 is 0 Å². The maximum absolute atomic E-state index is 2.33. The zero-order valence-corrected chi connectivity index (χ0v) is 7.01. The van der Waals surface area contributed by atoms with Gasteiger partial charge in [-0.15, -0.1) is 0 Å². The van der Waals surface area contributed by atoms with Crippen molar-refractivity contribution >= 4 is 0 Å². The van der Waals surface area contributed by atoms with Crippen LogP contribution in [0.3, 0.4) is 0 Å². The minimum atomic E-state index is 0. The lowest BCUT2D eigenvalue weighted by molar-refractivity contribution is 0.680. The summed E-state index contributed by atoms with van der Waals surface area (Å²) in [5, 5.41) is 0. The van der Waals surface area contributed by atoms with Crippen LogP contribution < -0.4 is 0 Å². The van der Waals surface area contributed by atoms with Crippen LogP contribution >= 0.6 is 0 Å². The summed E-state index contributed by atoms with van der Waals surface area (Å²) in [6.07, 6.45) is 12.9. The molecule has 2 aliphatic carbocycles. The van der Waals surface area contributed by atoms with Gasteiger partial charge in [-0.3, -0.25) is 0 Å². The lowest BCUT2D eigenvalue weighted by Crippen LogP contribution is -1.88. The molecule has 0 aliphatic heterocycles. The second-order valence-electron chi connectivity index (χ2n) is 3.46. The third-order valence-electron chi connectivity index (χ3n) is 2.64. The minimum Gasteiger partial charge on any atom is -0.0805 e. The third kappa shape index (κ3) is 1.52. The molecule has 66 valence electrons. The molecule has 0 saturated carbocycles. The molecule has 0 aromatic carbocycles. The van der Waals surface area contributed by atoms with Crippen LogP contribution in [0.5, 0.6) is 0 Å². The van der Waals surface area contributed by atoms with Crippen molar-refractivity contribution in [3.05, 3.63) is 35.5 Å². The zero-order valence-electron chi connectivity index (χ0n) is 7.01. The van der Waals surface area contributed by atoms with E-state index in [1.54, 1.807) is 11.1 Å². The summed E-state index contributed by atoms with van der Waals surface area (Å²) in [5.41, 5.74) is 3.16. The van der Waals surface area contributed by atoms with Crippen LogP contribution in [0.2, 0.25) is 0 Å². The predicted octanol–water partition coefficient (Wildman–Crippen LogP) is 3.87. The normalized spacial score (nSPS) is 26.6. The molecule has 2 rings (SSSR count). The Kier molecular flexibility index (Phi) is 2.91. The lowest BCUT2D eigenvalue weighted by Gasteiger charge is -2.02. The van der Waals surface area contributed by atoms with E-state index >= 15 is 0 Å². The van der Waals surface area contributed by atoms with E-state index in [0.717, 1.165) is 12.3 Å². The molecule has 0 amide bonds. The first-order valence-electron chi connectivity index (χ1n) is 4.44. The van der Waals surface area contributed by atoms with E-state index in [0.29, 0.717) is 0 Å². The molecule has 0 radical (unpaired) electrons. The maximum atomic E-state index is 2.33. The molecule has 2 aliphatic rings. The Morgan fingerprint density at radius 3 is 2.83 bits per heavy atom. The zero-order chi connectivity index (χ0) is 7.68. The summed E-state index contributed by atoms with van der Waals surface area (Å²) < 4.78 is 0. The number of allylic oxidation sites excluding steroid dienone is 6. The number of hydrogen-bond acceptors (Lipinski definition) is 0. The van der Waals surface area contributed by atoms with Gasteiger partial charge in [0.2, 0.25) is 0 Å². The minimum absolute atomic E-state index is 0. The summed E-state index contributed by atoms with van der Waals surface area (Å²) in [6, 6.07) is 0. The summed E-state index contributed by atoms with van der Waals surface area (Å²) in [4.78, 5) is 0. The number of hydrogen-bond donors (Lipinski definition) is 0. The first-order chi connectivity index (χ1) is 5.38. The van der Waals surface area contributed by atoms with Crippen molar-refractivity contribution in [2.24, 2.45) is 5.92 Å². The van der Waals surface area contributed by atoms with E-state index in [1.807, 2.05) is 0 Å². The Morgan fingerprint density at radius 1 is 1.25 bits per heavy atom. The van der Waals surface area contributed by atoms with Crippen LogP contribution in [-0.4, -0.2) is 0 Å². The van der Waals surface area contributed by atoms with Crippen LogP contribution in [-0.2, 0) is 0 Å². The van der Waals surface area contributed by atoms with E-state index in [2.05, 4.69) is 31.2 Å². The quantitative estimate of drug-likeness (QED) is 0.507. The molecule has 0 N–H and O–H groups in total. The largest absolute Gasteiger partial charge is 0.0805 e. The first kappa shape index (κ1) is 9.31. The molecular weight excluding hydrogens is 144 g/mol. The smallest absolute Gasteiger partial charge is 0.0163 e. The van der Waals surface area contributed by atoms with Gasteiger partial charge in [-0.05, 0) is 36.3 Å². The molecular formula is C12H18. The van der Waals surface area contributed by atoms with Gasteiger partial charge in [0.25, 0.3) is 0 Å². The molecule has 0 saturated heterocycles. The summed E-state index contributed by atoms with van der Waals surface area (Å²) in [5.74, 6) is 0.795. The average molecular weight is 162 g/mol. The highest BCUT2D eigenvalue weighted by atomic mass is 14.2. The third-order valence-corrected chi connectivity index (χ3v) is 2.64. The summed E-state index contributed by atoms with van der Waals surface area (Å²) in [6.45, 7) is 2.33. The van der Waals surface area contributed by atoms with Crippen molar-refractivity contribution in [1.29, 1.82) is 0 Å². The Morgan fingerprint density at radius 2 is 2.00 bits per heavy atom. The fourth-order valence-corrected chi connectivity index (χ4v) is 1.92. The molecule has 1 atom stereocenters.